The van der Waals surface area contributed by atoms with E-state index in [0.717, 1.165) is 0 Å². The monoisotopic (exact) mass is 334 g/mol. The van der Waals surface area contributed by atoms with Crippen molar-refractivity contribution in [2.75, 3.05) is 11.5 Å². The van der Waals surface area contributed by atoms with Crippen LogP contribution in [0.15, 0.2) is 66.7 Å². The van der Waals surface area contributed by atoms with Crippen molar-refractivity contribution in [3.63, 3.8) is 0 Å². The van der Waals surface area contributed by atoms with E-state index in [1.807, 2.05) is 30.3 Å². The van der Waals surface area contributed by atoms with Crippen LogP contribution in [-0.4, -0.2) is 5.78 Å². The zero-order valence-corrected chi connectivity index (χ0v) is 13.7. The summed E-state index contributed by atoms with van der Waals surface area (Å²) in [7, 11) is -3.22. The summed E-state index contributed by atoms with van der Waals surface area (Å²) in [4.78, 5) is 12.8. The highest BCUT2D eigenvalue weighted by Gasteiger charge is 2.41. The Morgan fingerprint density at radius 3 is 1.71 bits per heavy atom. The fraction of sp³-hybridized carbons (Fsp3) is 0. The summed E-state index contributed by atoms with van der Waals surface area (Å²) in [5, 5.41) is 1.63. The number of rotatable bonds is 1. The highest BCUT2D eigenvalue weighted by atomic mass is 31.2. The summed E-state index contributed by atoms with van der Waals surface area (Å²) in [6.07, 6.45) is 0. The molecule has 1 heterocycles. The molecule has 0 unspecified atom stereocenters. The average molecular weight is 334 g/mol. The molecule has 0 aliphatic carbocycles. The summed E-state index contributed by atoms with van der Waals surface area (Å²) in [5.74, 6) is -0.151. The van der Waals surface area contributed by atoms with Gasteiger partial charge in [0.2, 0.25) is 0 Å². The molecule has 0 radical (unpaired) electrons. The fourth-order valence-corrected chi connectivity index (χ4v) is 6.29. The minimum atomic E-state index is -3.22. The number of carbonyl (C=O) groups is 1. The Kier molecular flexibility index (Phi) is 3.12. The molecule has 0 amide bonds. The Morgan fingerprint density at radius 2 is 1.21 bits per heavy atom. The lowest BCUT2D eigenvalue weighted by Crippen LogP contribution is -2.37. The summed E-state index contributed by atoms with van der Waals surface area (Å²) in [5.41, 5.74) is 13.7. The molecule has 118 valence electrons. The lowest BCUT2D eigenvalue weighted by atomic mass is 10.0. The van der Waals surface area contributed by atoms with Crippen molar-refractivity contribution in [2.24, 2.45) is 0 Å². The van der Waals surface area contributed by atoms with E-state index < -0.39 is 7.14 Å². The molecule has 1 aliphatic rings. The zero-order valence-electron chi connectivity index (χ0n) is 12.8. The van der Waals surface area contributed by atoms with Crippen LogP contribution in [0.25, 0.3) is 0 Å². The van der Waals surface area contributed by atoms with Crippen molar-refractivity contribution in [1.82, 2.24) is 0 Å². The van der Waals surface area contributed by atoms with Crippen LogP contribution in [0.1, 0.15) is 15.9 Å². The molecule has 0 saturated heterocycles. The van der Waals surface area contributed by atoms with Crippen molar-refractivity contribution in [1.29, 1.82) is 0 Å². The van der Waals surface area contributed by atoms with E-state index in [-0.39, 0.29) is 5.78 Å². The lowest BCUT2D eigenvalue weighted by Gasteiger charge is -2.28. The van der Waals surface area contributed by atoms with E-state index in [4.69, 9.17) is 11.5 Å². The van der Waals surface area contributed by atoms with Crippen molar-refractivity contribution in [3.8, 4) is 0 Å². The Balaban J connectivity index is 2.16. The molecule has 0 bridgehead atoms. The van der Waals surface area contributed by atoms with Gasteiger partial charge in [0.05, 0.1) is 0 Å². The third-order valence-corrected chi connectivity index (χ3v) is 7.45. The number of benzene rings is 3. The highest BCUT2D eigenvalue weighted by Crippen LogP contribution is 2.48. The first-order chi connectivity index (χ1) is 11.5. The molecule has 1 aliphatic heterocycles. The fourth-order valence-electron chi connectivity index (χ4n) is 3.19. The van der Waals surface area contributed by atoms with Gasteiger partial charge in [-0.05, 0) is 36.4 Å². The summed E-state index contributed by atoms with van der Waals surface area (Å²) in [6, 6.07) is 19.1. The van der Waals surface area contributed by atoms with Crippen LogP contribution in [0, 0.1) is 0 Å². The minimum Gasteiger partial charge on any atom is -0.399 e. The van der Waals surface area contributed by atoms with Crippen molar-refractivity contribution in [3.05, 3.63) is 77.9 Å². The normalized spacial score (nSPS) is 14.8. The number of carbonyl (C=O) groups excluding carboxylic acids is 1. The predicted molar refractivity (Wildman–Crippen MR) is 98.1 cm³/mol. The van der Waals surface area contributed by atoms with E-state index in [1.165, 1.54) is 0 Å². The minimum absolute atomic E-state index is 0.151. The van der Waals surface area contributed by atoms with E-state index in [2.05, 4.69) is 0 Å². The number of hydrogen-bond acceptors (Lipinski definition) is 4. The van der Waals surface area contributed by atoms with Crippen LogP contribution in [-0.2, 0) is 4.57 Å². The maximum atomic E-state index is 14.3. The Morgan fingerprint density at radius 1 is 0.708 bits per heavy atom. The van der Waals surface area contributed by atoms with Gasteiger partial charge in [0, 0.05) is 38.4 Å². The van der Waals surface area contributed by atoms with Gasteiger partial charge in [-0.25, -0.2) is 0 Å². The van der Waals surface area contributed by atoms with Gasteiger partial charge < -0.3 is 16.0 Å². The van der Waals surface area contributed by atoms with Crippen molar-refractivity contribution in [2.45, 2.75) is 0 Å². The molecule has 0 atom stereocenters. The molecule has 4 nitrogen and oxygen atoms in total. The van der Waals surface area contributed by atoms with Gasteiger partial charge in [-0.3, -0.25) is 4.79 Å². The average Bonchev–Trinajstić information content (AvgIpc) is 2.60. The topological polar surface area (TPSA) is 86.2 Å². The van der Waals surface area contributed by atoms with Gasteiger partial charge >= 0.3 is 0 Å². The van der Waals surface area contributed by atoms with Crippen LogP contribution >= 0.6 is 7.14 Å². The van der Waals surface area contributed by atoms with Crippen LogP contribution in [0.3, 0.4) is 0 Å². The number of hydrogen-bond donors (Lipinski definition) is 2. The first-order valence-corrected chi connectivity index (χ1v) is 9.23. The first-order valence-electron chi connectivity index (χ1n) is 7.52. The molecular formula is C19H15N2O2P. The Labute approximate surface area is 139 Å². The summed E-state index contributed by atoms with van der Waals surface area (Å²) >= 11 is 0. The van der Waals surface area contributed by atoms with Gasteiger partial charge in [0.1, 0.15) is 0 Å². The number of anilines is 2. The molecule has 4 N–H and O–H groups in total. The third-order valence-electron chi connectivity index (χ3n) is 4.33. The van der Waals surface area contributed by atoms with Crippen LogP contribution in [0.4, 0.5) is 11.4 Å². The van der Waals surface area contributed by atoms with E-state index in [1.54, 1.807) is 36.4 Å². The number of nitrogen functional groups attached to an aromatic ring is 2. The van der Waals surface area contributed by atoms with Crippen molar-refractivity contribution >= 4 is 40.2 Å². The smallest absolute Gasteiger partial charge is 0.194 e. The van der Waals surface area contributed by atoms with Crippen LogP contribution in [0.2, 0.25) is 0 Å². The molecule has 0 saturated carbocycles. The summed E-state index contributed by atoms with van der Waals surface area (Å²) < 4.78 is 14.3. The maximum Gasteiger partial charge on any atom is 0.194 e. The second kappa shape index (κ2) is 5.08. The van der Waals surface area contributed by atoms with Crippen molar-refractivity contribution < 1.29 is 9.36 Å². The molecule has 4 rings (SSSR count). The van der Waals surface area contributed by atoms with Crippen LogP contribution in [0.5, 0.6) is 0 Å². The predicted octanol–water partition coefficient (Wildman–Crippen LogP) is 2.03. The van der Waals surface area contributed by atoms with E-state index in [0.29, 0.717) is 38.4 Å². The number of ketones is 1. The largest absolute Gasteiger partial charge is 0.399 e. The van der Waals surface area contributed by atoms with Gasteiger partial charge in [0.25, 0.3) is 0 Å². The second-order valence-electron chi connectivity index (χ2n) is 5.83. The van der Waals surface area contributed by atoms with Gasteiger partial charge in [-0.15, -0.1) is 0 Å². The first kappa shape index (κ1) is 14.7. The SMILES string of the molecule is Nc1ccc2c(c1)P(=O)(c1ccccc1)c1cc(N)ccc1C2=O. The van der Waals surface area contributed by atoms with Crippen LogP contribution < -0.4 is 27.4 Å². The third kappa shape index (κ3) is 1.93. The standard InChI is InChI=1S/C19H15N2O2P/c20-12-6-8-15-17(10-12)24(23,14-4-2-1-3-5-14)18-11-13(21)7-9-16(18)19(15)22/h1-11H,20-21H2. The highest BCUT2D eigenvalue weighted by molar-refractivity contribution is 7.85. The number of nitrogens with two attached hydrogens (primary N) is 2. The maximum absolute atomic E-state index is 14.3. The van der Waals surface area contributed by atoms with Gasteiger partial charge in [-0.1, -0.05) is 30.3 Å². The summed E-state index contributed by atoms with van der Waals surface area (Å²) in [6.45, 7) is 0. The second-order valence-corrected chi connectivity index (χ2v) is 8.53. The lowest BCUT2D eigenvalue weighted by molar-refractivity contribution is 0.104. The molecular weight excluding hydrogens is 319 g/mol. The molecule has 0 fully saturated rings. The molecule has 3 aromatic rings. The molecule has 24 heavy (non-hydrogen) atoms. The zero-order chi connectivity index (χ0) is 16.9. The molecule has 3 aromatic carbocycles. The van der Waals surface area contributed by atoms with Gasteiger partial charge in [0.15, 0.2) is 12.9 Å². The van der Waals surface area contributed by atoms with E-state index >= 15 is 0 Å². The van der Waals surface area contributed by atoms with E-state index in [9.17, 15) is 9.36 Å². The quantitative estimate of drug-likeness (QED) is 0.412. The molecule has 5 heteroatoms. The van der Waals surface area contributed by atoms with Gasteiger partial charge in [-0.2, -0.15) is 0 Å². The molecule has 0 spiro atoms. The number of fused-ring (bicyclic) bond motifs is 2. The Bertz CT molecular complexity index is 969. The molecule has 0 aromatic heterocycles. The Hall–Kier alpha value is -2.84.